The minimum atomic E-state index is -4.66. The Morgan fingerprint density at radius 3 is 2.22 bits per heavy atom. The van der Waals surface area contributed by atoms with Crippen molar-refractivity contribution < 1.29 is 26.3 Å². The Labute approximate surface area is 219 Å². The second kappa shape index (κ2) is 9.82. The van der Waals surface area contributed by atoms with Crippen molar-refractivity contribution in [2.75, 3.05) is 0 Å². The molecule has 8 nitrogen and oxygen atoms in total. The van der Waals surface area contributed by atoms with Crippen LogP contribution in [0.25, 0.3) is 5.69 Å². The summed E-state index contributed by atoms with van der Waals surface area (Å²) < 4.78 is 82.7. The second-order valence-corrected chi connectivity index (χ2v) is 9.33. The minimum Gasteiger partial charge on any atom is -0.264 e. The van der Waals surface area contributed by atoms with Gasteiger partial charge in [0.1, 0.15) is 5.69 Å². The number of alkyl halides is 6. The van der Waals surface area contributed by atoms with E-state index in [0.29, 0.717) is 12.1 Å². The van der Waals surface area contributed by atoms with Crippen LogP contribution in [-0.4, -0.2) is 45.5 Å². The first-order chi connectivity index (χ1) is 17.2. The number of hydrogen-bond acceptors (Lipinski definition) is 4. The van der Waals surface area contributed by atoms with Crippen LogP contribution in [0.2, 0.25) is 5.15 Å². The number of rotatable bonds is 7. The monoisotopic (exact) mass is 612 g/mol. The van der Waals surface area contributed by atoms with Gasteiger partial charge in [0.2, 0.25) is 0 Å². The molecule has 0 unspecified atom stereocenters. The van der Waals surface area contributed by atoms with Crippen LogP contribution < -0.4 is 0 Å². The number of hydrogen-bond donors (Lipinski definition) is 0. The fraction of sp³-hybridized carbons (Fsp3) is 0.429. The van der Waals surface area contributed by atoms with Crippen LogP contribution in [0, 0.1) is 6.92 Å². The molecule has 0 bridgehead atoms. The maximum Gasteiger partial charge on any atom is 0.435 e. The average molecular weight is 614 g/mol. The zero-order valence-electron chi connectivity index (χ0n) is 19.7. The lowest BCUT2D eigenvalue weighted by atomic mass is 10.2. The summed E-state index contributed by atoms with van der Waals surface area (Å²) in [6, 6.07) is 2.51. The van der Waals surface area contributed by atoms with Crippen LogP contribution in [0.3, 0.4) is 0 Å². The molecule has 0 aliphatic rings. The Balaban J connectivity index is 1.83. The smallest absolute Gasteiger partial charge is 0.264 e. The molecule has 4 aromatic heterocycles. The fourth-order valence-electron chi connectivity index (χ4n) is 3.93. The Hall–Kier alpha value is -2.81. The third kappa shape index (κ3) is 5.56. The fourth-order valence-corrected chi connectivity index (χ4v) is 4.70. The lowest BCUT2D eigenvalue weighted by molar-refractivity contribution is -0.141. The van der Waals surface area contributed by atoms with Crippen molar-refractivity contribution in [3.8, 4) is 5.69 Å². The lowest BCUT2D eigenvalue weighted by Gasteiger charge is -2.09. The van der Waals surface area contributed by atoms with Crippen molar-refractivity contribution in [1.82, 2.24) is 39.3 Å². The van der Waals surface area contributed by atoms with Crippen molar-refractivity contribution in [3.05, 3.63) is 62.1 Å². The molecule has 0 saturated carbocycles. The van der Waals surface area contributed by atoms with E-state index in [1.807, 2.05) is 6.92 Å². The van der Waals surface area contributed by atoms with E-state index in [1.165, 1.54) is 22.5 Å². The molecule has 0 aromatic carbocycles. The Morgan fingerprint density at radius 1 is 0.946 bits per heavy atom. The summed E-state index contributed by atoms with van der Waals surface area (Å²) in [6.45, 7) is 5.02. The minimum absolute atomic E-state index is 0.0122. The van der Waals surface area contributed by atoms with Gasteiger partial charge < -0.3 is 0 Å². The number of aryl methyl sites for hydroxylation is 2. The van der Waals surface area contributed by atoms with Crippen molar-refractivity contribution in [3.63, 3.8) is 0 Å². The van der Waals surface area contributed by atoms with Crippen molar-refractivity contribution in [2.24, 2.45) is 0 Å². The van der Waals surface area contributed by atoms with E-state index in [2.05, 4.69) is 36.3 Å². The Bertz CT molecular complexity index is 1430. The molecule has 4 aromatic rings. The Kier molecular flexibility index (Phi) is 7.22. The van der Waals surface area contributed by atoms with Gasteiger partial charge in [-0.2, -0.15) is 46.1 Å². The maximum atomic E-state index is 13.4. The molecule has 0 aliphatic carbocycles. The second-order valence-electron chi connectivity index (χ2n) is 8.19. The van der Waals surface area contributed by atoms with Crippen LogP contribution in [0.5, 0.6) is 0 Å². The first-order valence-corrected chi connectivity index (χ1v) is 12.2. The first-order valence-electron chi connectivity index (χ1n) is 11.0. The van der Waals surface area contributed by atoms with E-state index in [-0.39, 0.29) is 45.4 Å². The highest BCUT2D eigenvalue weighted by Gasteiger charge is 2.35. The molecule has 0 atom stereocenters. The summed E-state index contributed by atoms with van der Waals surface area (Å²) in [6.07, 6.45) is -8.23. The molecule has 16 heteroatoms. The molecule has 200 valence electrons. The topological polar surface area (TPSA) is 71.3 Å². The first kappa shape index (κ1) is 27.2. The van der Waals surface area contributed by atoms with Crippen LogP contribution in [-0.2, 0) is 32.0 Å². The van der Waals surface area contributed by atoms with Crippen molar-refractivity contribution >= 4 is 27.5 Å². The van der Waals surface area contributed by atoms with E-state index < -0.39 is 24.5 Å². The highest BCUT2D eigenvalue weighted by molar-refractivity contribution is 9.10. The molecule has 4 heterocycles. The van der Waals surface area contributed by atoms with Gasteiger partial charge in [0.25, 0.3) is 0 Å². The van der Waals surface area contributed by atoms with Gasteiger partial charge in [-0.1, -0.05) is 25.4 Å². The molecule has 0 amide bonds. The lowest BCUT2D eigenvalue weighted by Crippen LogP contribution is -2.19. The van der Waals surface area contributed by atoms with Crippen molar-refractivity contribution in [2.45, 2.75) is 58.9 Å². The van der Waals surface area contributed by atoms with Gasteiger partial charge in [0.05, 0.1) is 30.0 Å². The van der Waals surface area contributed by atoms with Gasteiger partial charge in [-0.05, 0) is 47.8 Å². The molecule has 0 saturated heterocycles. The van der Waals surface area contributed by atoms with Gasteiger partial charge in [0.15, 0.2) is 15.5 Å². The van der Waals surface area contributed by atoms with E-state index in [0.717, 1.165) is 21.3 Å². The van der Waals surface area contributed by atoms with E-state index in [4.69, 9.17) is 11.6 Å². The van der Waals surface area contributed by atoms with Gasteiger partial charge >= 0.3 is 12.4 Å². The highest BCUT2D eigenvalue weighted by atomic mass is 79.9. The quantitative estimate of drug-likeness (QED) is 0.247. The largest absolute Gasteiger partial charge is 0.435 e. The van der Waals surface area contributed by atoms with E-state index in [1.54, 1.807) is 13.0 Å². The maximum absolute atomic E-state index is 13.4. The van der Waals surface area contributed by atoms with Crippen LogP contribution in [0.15, 0.2) is 22.9 Å². The van der Waals surface area contributed by atoms with E-state index >= 15 is 0 Å². The molecule has 4 rings (SSSR count). The number of aromatic nitrogens is 8. The van der Waals surface area contributed by atoms with Gasteiger partial charge in [-0.3, -0.25) is 4.68 Å². The summed E-state index contributed by atoms with van der Waals surface area (Å²) >= 11 is 9.28. The average Bonchev–Trinajstić information content (AvgIpc) is 3.51. The van der Waals surface area contributed by atoms with Crippen LogP contribution in [0.1, 0.15) is 47.9 Å². The van der Waals surface area contributed by atoms with E-state index in [9.17, 15) is 26.3 Å². The zero-order chi connectivity index (χ0) is 27.3. The molecule has 0 spiro atoms. The molecule has 0 N–H and O–H groups in total. The van der Waals surface area contributed by atoms with Gasteiger partial charge in [0, 0.05) is 17.5 Å². The summed E-state index contributed by atoms with van der Waals surface area (Å²) in [7, 11) is 0. The normalized spacial score (nSPS) is 12.6. The molecule has 0 fully saturated rings. The zero-order valence-corrected chi connectivity index (χ0v) is 22.0. The SMILES string of the molecule is CCc1cc(Cl)nn1Cc1cn(-c2c(Br)nn(-n3nc(C(F)(F)F)cc3C)c2CC)nc1CC(F)(F)F. The molecular formula is C21H20BrClF6N8. The number of halogens is 8. The standard InChI is InChI=1S/C21H20BrClF6N8/c1-4-13-7-17(23)32-34(13)9-12-10-35(30-14(12)8-20(24,25)26)18-15(5-2)37(33-19(18)22)36-11(3)6-16(31-36)21(27,28)29/h6-7,10H,4-5,8-9H2,1-3H3. The van der Waals surface area contributed by atoms with Gasteiger partial charge in [-0.25, -0.2) is 4.68 Å². The third-order valence-electron chi connectivity index (χ3n) is 5.55. The summed E-state index contributed by atoms with van der Waals surface area (Å²) in [4.78, 5) is 2.15. The Morgan fingerprint density at radius 2 is 1.65 bits per heavy atom. The van der Waals surface area contributed by atoms with Crippen LogP contribution in [0.4, 0.5) is 26.3 Å². The molecule has 37 heavy (non-hydrogen) atoms. The highest BCUT2D eigenvalue weighted by Crippen LogP contribution is 2.31. The predicted octanol–water partition coefficient (Wildman–Crippen LogP) is 5.79. The third-order valence-corrected chi connectivity index (χ3v) is 6.27. The van der Waals surface area contributed by atoms with Gasteiger partial charge in [-0.15, -0.1) is 10.2 Å². The summed E-state index contributed by atoms with van der Waals surface area (Å²) in [5.74, 6) is 0. The number of nitrogens with zero attached hydrogens (tertiary/aromatic N) is 8. The summed E-state index contributed by atoms with van der Waals surface area (Å²) in [5, 5.41) is 16.5. The molecule has 0 radical (unpaired) electrons. The predicted molar refractivity (Wildman–Crippen MR) is 125 cm³/mol. The van der Waals surface area contributed by atoms with Crippen molar-refractivity contribution in [1.29, 1.82) is 0 Å². The molecular weight excluding hydrogens is 594 g/mol. The molecule has 0 aliphatic heterocycles. The summed E-state index contributed by atoms with van der Waals surface area (Å²) in [5.41, 5.74) is 0.462. The van der Waals surface area contributed by atoms with Crippen LogP contribution >= 0.6 is 27.5 Å².